The van der Waals surface area contributed by atoms with E-state index in [-0.39, 0.29) is 30.1 Å². The van der Waals surface area contributed by atoms with Crippen molar-refractivity contribution in [2.24, 2.45) is 0 Å². The van der Waals surface area contributed by atoms with Gasteiger partial charge >= 0.3 is 5.97 Å². The molecule has 3 aromatic rings. The summed E-state index contributed by atoms with van der Waals surface area (Å²) < 4.78 is 33.3. The predicted octanol–water partition coefficient (Wildman–Crippen LogP) is 4.48. The maximum absolute atomic E-state index is 12.5. The standard InChI is InChI=1S/C26H27NO6S/c28-23(17-18-33-25-12-5-4-8-21(25)14-16-26(29)30)15-13-20-7-6-9-22(19-20)27-34(31,32)24-10-2-1-3-11-24/h1-12,19,27H,13-18H2,(H,29,30). The lowest BCUT2D eigenvalue weighted by molar-refractivity contribution is -0.137. The van der Waals surface area contributed by atoms with Crippen LogP contribution in [0.3, 0.4) is 0 Å². The van der Waals surface area contributed by atoms with Crippen molar-refractivity contribution < 1.29 is 27.9 Å². The van der Waals surface area contributed by atoms with Crippen molar-refractivity contribution in [3.05, 3.63) is 90.0 Å². The normalized spacial score (nSPS) is 11.1. The number of hydrogen-bond donors (Lipinski definition) is 2. The molecule has 34 heavy (non-hydrogen) atoms. The van der Waals surface area contributed by atoms with Gasteiger partial charge in [0.15, 0.2) is 0 Å². The SMILES string of the molecule is O=C(O)CCc1ccccc1OCCC(=O)CCc1cccc(NS(=O)(=O)c2ccccc2)c1. The molecule has 0 aliphatic carbocycles. The summed E-state index contributed by atoms with van der Waals surface area (Å²) >= 11 is 0. The van der Waals surface area contributed by atoms with Crippen molar-refractivity contribution >= 4 is 27.5 Å². The third-order valence-corrected chi connectivity index (χ3v) is 6.54. The molecule has 0 heterocycles. The van der Waals surface area contributed by atoms with Crippen molar-refractivity contribution in [2.75, 3.05) is 11.3 Å². The summed E-state index contributed by atoms with van der Waals surface area (Å²) in [7, 11) is -3.68. The molecular formula is C26H27NO6S. The molecule has 3 rings (SSSR count). The summed E-state index contributed by atoms with van der Waals surface area (Å²) in [6.07, 6.45) is 1.39. The summed E-state index contributed by atoms with van der Waals surface area (Å²) in [5.41, 5.74) is 2.09. The second kappa shape index (κ2) is 12.0. The third-order valence-electron chi connectivity index (χ3n) is 5.14. The molecule has 0 atom stereocenters. The molecular weight excluding hydrogens is 454 g/mol. The molecule has 0 saturated carbocycles. The van der Waals surface area contributed by atoms with Crippen LogP contribution in [-0.2, 0) is 32.5 Å². The van der Waals surface area contributed by atoms with E-state index in [1.807, 2.05) is 18.2 Å². The lowest BCUT2D eigenvalue weighted by atomic mass is 10.1. The highest BCUT2D eigenvalue weighted by Crippen LogP contribution is 2.21. The predicted molar refractivity (Wildman–Crippen MR) is 130 cm³/mol. The Bertz CT molecular complexity index is 1220. The summed E-state index contributed by atoms with van der Waals surface area (Å²) in [5, 5.41) is 8.87. The summed E-state index contributed by atoms with van der Waals surface area (Å²) in [6, 6.07) is 22.3. The number of carboxylic acid groups (broad SMARTS) is 1. The van der Waals surface area contributed by atoms with Crippen LogP contribution in [0, 0.1) is 0 Å². The zero-order valence-electron chi connectivity index (χ0n) is 18.6. The average Bonchev–Trinajstić information content (AvgIpc) is 2.82. The number of anilines is 1. The van der Waals surface area contributed by atoms with Gasteiger partial charge in [-0.3, -0.25) is 14.3 Å². The Labute approximate surface area is 199 Å². The van der Waals surface area contributed by atoms with Crippen LogP contribution in [-0.4, -0.2) is 31.9 Å². The van der Waals surface area contributed by atoms with E-state index in [4.69, 9.17) is 9.84 Å². The Morgan fingerprint density at radius 2 is 1.56 bits per heavy atom. The van der Waals surface area contributed by atoms with E-state index < -0.39 is 16.0 Å². The van der Waals surface area contributed by atoms with Crippen LogP contribution in [0.5, 0.6) is 5.75 Å². The molecule has 0 bridgehead atoms. The number of sulfonamides is 1. The Morgan fingerprint density at radius 3 is 2.32 bits per heavy atom. The molecule has 0 amide bonds. The second-order valence-electron chi connectivity index (χ2n) is 7.76. The van der Waals surface area contributed by atoms with Crippen molar-refractivity contribution in [2.45, 2.75) is 37.0 Å². The number of hydrogen-bond acceptors (Lipinski definition) is 5. The van der Waals surface area contributed by atoms with Crippen LogP contribution in [0.25, 0.3) is 0 Å². The second-order valence-corrected chi connectivity index (χ2v) is 9.44. The highest BCUT2D eigenvalue weighted by Gasteiger charge is 2.14. The van der Waals surface area contributed by atoms with Gasteiger partial charge in [-0.15, -0.1) is 0 Å². The minimum atomic E-state index is -3.68. The van der Waals surface area contributed by atoms with Crippen LogP contribution in [0.4, 0.5) is 5.69 Å². The highest BCUT2D eigenvalue weighted by molar-refractivity contribution is 7.92. The quantitative estimate of drug-likeness (QED) is 0.373. The number of carbonyl (C=O) groups excluding carboxylic acids is 1. The van der Waals surface area contributed by atoms with Crippen molar-refractivity contribution in [1.82, 2.24) is 0 Å². The number of benzene rings is 3. The smallest absolute Gasteiger partial charge is 0.303 e. The Balaban J connectivity index is 1.48. The van der Waals surface area contributed by atoms with Gasteiger partial charge < -0.3 is 9.84 Å². The number of rotatable bonds is 13. The van der Waals surface area contributed by atoms with Crippen molar-refractivity contribution in [1.29, 1.82) is 0 Å². The number of para-hydroxylation sites is 1. The first kappa shape index (κ1) is 25.0. The van der Waals surface area contributed by atoms with E-state index in [0.717, 1.165) is 11.1 Å². The van der Waals surface area contributed by atoms with Crippen LogP contribution in [0.2, 0.25) is 0 Å². The number of carbonyl (C=O) groups is 2. The van der Waals surface area contributed by atoms with Crippen LogP contribution in [0.15, 0.2) is 83.8 Å². The maximum atomic E-state index is 12.5. The lowest BCUT2D eigenvalue weighted by Gasteiger charge is -2.11. The number of ether oxygens (including phenoxy) is 1. The Morgan fingerprint density at radius 1 is 0.824 bits per heavy atom. The van der Waals surface area contributed by atoms with E-state index in [2.05, 4.69) is 4.72 Å². The Hall–Kier alpha value is -3.65. The minimum Gasteiger partial charge on any atom is -0.493 e. The molecule has 0 fully saturated rings. The van der Waals surface area contributed by atoms with E-state index in [1.165, 1.54) is 12.1 Å². The summed E-state index contributed by atoms with van der Waals surface area (Å²) in [5.74, 6) is -0.254. The first-order chi connectivity index (χ1) is 16.3. The van der Waals surface area contributed by atoms with Gasteiger partial charge in [0.1, 0.15) is 11.5 Å². The topological polar surface area (TPSA) is 110 Å². The molecule has 0 radical (unpaired) electrons. The van der Waals surface area contributed by atoms with Crippen LogP contribution in [0.1, 0.15) is 30.4 Å². The fourth-order valence-corrected chi connectivity index (χ4v) is 4.45. The molecule has 0 aromatic heterocycles. The summed E-state index contributed by atoms with van der Waals surface area (Å²) in [6.45, 7) is 0.208. The van der Waals surface area contributed by atoms with Crippen molar-refractivity contribution in [3.63, 3.8) is 0 Å². The molecule has 7 nitrogen and oxygen atoms in total. The van der Waals surface area contributed by atoms with E-state index in [0.29, 0.717) is 30.7 Å². The van der Waals surface area contributed by atoms with Gasteiger partial charge in [0, 0.05) is 24.9 Å². The van der Waals surface area contributed by atoms with Gasteiger partial charge in [-0.1, -0.05) is 48.5 Å². The third kappa shape index (κ3) is 7.74. The Kier molecular flexibility index (Phi) is 8.81. The number of nitrogens with one attached hydrogen (secondary N) is 1. The first-order valence-electron chi connectivity index (χ1n) is 10.9. The summed E-state index contributed by atoms with van der Waals surface area (Å²) in [4.78, 5) is 23.3. The molecule has 0 unspecified atom stereocenters. The number of Topliss-reactive ketones (excluding diaryl/α,β-unsaturated/α-hetero) is 1. The van der Waals surface area contributed by atoms with Gasteiger partial charge in [-0.05, 0) is 54.3 Å². The van der Waals surface area contributed by atoms with Gasteiger partial charge in [-0.25, -0.2) is 8.42 Å². The number of aryl methyl sites for hydroxylation is 2. The molecule has 3 aromatic carbocycles. The van der Waals surface area contributed by atoms with Crippen molar-refractivity contribution in [3.8, 4) is 5.75 Å². The first-order valence-corrected chi connectivity index (χ1v) is 12.4. The van der Waals surface area contributed by atoms with E-state index in [9.17, 15) is 18.0 Å². The van der Waals surface area contributed by atoms with E-state index >= 15 is 0 Å². The van der Waals surface area contributed by atoms with Gasteiger partial charge in [0.2, 0.25) is 0 Å². The molecule has 0 aliphatic heterocycles. The van der Waals surface area contributed by atoms with Gasteiger partial charge in [-0.2, -0.15) is 0 Å². The number of ketones is 1. The van der Waals surface area contributed by atoms with Gasteiger partial charge in [0.25, 0.3) is 10.0 Å². The molecule has 0 spiro atoms. The van der Waals surface area contributed by atoms with Crippen LogP contribution < -0.4 is 9.46 Å². The zero-order valence-corrected chi connectivity index (χ0v) is 19.5. The number of carboxylic acids is 1. The van der Waals surface area contributed by atoms with Gasteiger partial charge in [0.05, 0.1) is 11.5 Å². The monoisotopic (exact) mass is 481 g/mol. The number of aliphatic carboxylic acids is 1. The molecule has 0 saturated heterocycles. The highest BCUT2D eigenvalue weighted by atomic mass is 32.2. The maximum Gasteiger partial charge on any atom is 0.303 e. The average molecular weight is 482 g/mol. The fraction of sp³-hybridized carbons (Fsp3) is 0.231. The van der Waals surface area contributed by atoms with E-state index in [1.54, 1.807) is 48.5 Å². The molecule has 0 aliphatic rings. The zero-order chi connectivity index (χ0) is 24.4. The largest absolute Gasteiger partial charge is 0.493 e. The minimum absolute atomic E-state index is 0.0138. The fourth-order valence-electron chi connectivity index (χ4n) is 3.38. The van der Waals surface area contributed by atoms with Crippen LogP contribution >= 0.6 is 0 Å². The molecule has 2 N–H and O–H groups in total. The molecule has 8 heteroatoms. The lowest BCUT2D eigenvalue weighted by Crippen LogP contribution is -2.13. The molecule has 178 valence electrons.